The molecular formula is C32H49O2. The summed E-state index contributed by atoms with van der Waals surface area (Å²) >= 11 is 0. The monoisotopic (exact) mass is 465 g/mol. The minimum atomic E-state index is 0.0410. The molecule has 0 aliphatic heterocycles. The first-order chi connectivity index (χ1) is 16.7. The lowest BCUT2D eigenvalue weighted by Gasteiger charge is -2.18. The van der Waals surface area contributed by atoms with E-state index in [0.717, 1.165) is 49.0 Å². The molecule has 0 aliphatic rings. The summed E-state index contributed by atoms with van der Waals surface area (Å²) in [6.07, 6.45) is 15.6. The largest absolute Gasteiger partial charge is 0.494 e. The van der Waals surface area contributed by atoms with E-state index in [-0.39, 0.29) is 5.92 Å². The van der Waals surface area contributed by atoms with Gasteiger partial charge in [0.1, 0.15) is 11.5 Å². The summed E-state index contributed by atoms with van der Waals surface area (Å²) in [6, 6.07) is 16.7. The van der Waals surface area contributed by atoms with Crippen molar-refractivity contribution in [1.29, 1.82) is 0 Å². The second-order valence-corrected chi connectivity index (χ2v) is 9.87. The average Bonchev–Trinajstić information content (AvgIpc) is 2.87. The van der Waals surface area contributed by atoms with E-state index < -0.39 is 0 Å². The first-order valence-corrected chi connectivity index (χ1v) is 13.9. The molecule has 189 valence electrons. The van der Waals surface area contributed by atoms with Crippen LogP contribution >= 0.6 is 0 Å². The van der Waals surface area contributed by atoms with Crippen molar-refractivity contribution in [3.63, 3.8) is 0 Å². The van der Waals surface area contributed by atoms with Crippen LogP contribution in [0.5, 0.6) is 11.5 Å². The second kappa shape index (κ2) is 17.5. The summed E-state index contributed by atoms with van der Waals surface area (Å²) < 4.78 is 12.1. The van der Waals surface area contributed by atoms with Crippen molar-refractivity contribution in [2.75, 3.05) is 13.2 Å². The van der Waals surface area contributed by atoms with Gasteiger partial charge in [-0.3, -0.25) is 0 Å². The Balaban J connectivity index is 1.72. The van der Waals surface area contributed by atoms with E-state index in [9.17, 15) is 0 Å². The number of rotatable bonds is 19. The molecule has 0 spiro atoms. The van der Waals surface area contributed by atoms with Gasteiger partial charge in [0.15, 0.2) is 0 Å². The van der Waals surface area contributed by atoms with Crippen molar-refractivity contribution in [2.24, 2.45) is 5.92 Å². The minimum absolute atomic E-state index is 0.0410. The molecule has 0 aliphatic carbocycles. The highest BCUT2D eigenvalue weighted by atomic mass is 16.5. The molecule has 2 aromatic rings. The molecule has 2 rings (SSSR count). The van der Waals surface area contributed by atoms with Gasteiger partial charge in [0.05, 0.1) is 13.2 Å². The van der Waals surface area contributed by atoms with Crippen molar-refractivity contribution in [2.45, 2.75) is 104 Å². The molecule has 2 atom stereocenters. The van der Waals surface area contributed by atoms with Crippen LogP contribution in [-0.2, 0) is 0 Å². The fourth-order valence-corrected chi connectivity index (χ4v) is 4.45. The zero-order valence-corrected chi connectivity index (χ0v) is 22.2. The number of benzene rings is 2. The van der Waals surface area contributed by atoms with Gasteiger partial charge < -0.3 is 9.47 Å². The first kappa shape index (κ1) is 28.3. The normalized spacial score (nSPS) is 12.9. The van der Waals surface area contributed by atoms with Gasteiger partial charge >= 0.3 is 0 Å². The molecule has 2 aromatic carbocycles. The minimum Gasteiger partial charge on any atom is -0.494 e. The van der Waals surface area contributed by atoms with Gasteiger partial charge in [-0.15, -0.1) is 0 Å². The molecule has 1 radical (unpaired) electrons. The third kappa shape index (κ3) is 11.0. The van der Waals surface area contributed by atoms with E-state index in [4.69, 9.17) is 9.47 Å². The number of unbranched alkanes of at least 4 members (excludes halogenated alkanes) is 7. The third-order valence-electron chi connectivity index (χ3n) is 6.74. The van der Waals surface area contributed by atoms with Gasteiger partial charge in [-0.2, -0.15) is 0 Å². The predicted molar refractivity (Wildman–Crippen MR) is 147 cm³/mol. The molecule has 0 heterocycles. The highest BCUT2D eigenvalue weighted by Gasteiger charge is 2.14. The highest BCUT2D eigenvalue weighted by molar-refractivity contribution is 5.44. The van der Waals surface area contributed by atoms with Crippen LogP contribution in [0.25, 0.3) is 0 Å². The lowest BCUT2D eigenvalue weighted by atomic mass is 9.92. The summed E-state index contributed by atoms with van der Waals surface area (Å²) in [5, 5.41) is 0. The number of hydrogen-bond donors (Lipinski definition) is 0. The number of hydrogen-bond acceptors (Lipinski definition) is 2. The Kier molecular flexibility index (Phi) is 14.5. The zero-order valence-electron chi connectivity index (χ0n) is 22.2. The molecule has 0 bridgehead atoms. The summed E-state index contributed by atoms with van der Waals surface area (Å²) in [4.78, 5) is 0. The summed E-state index contributed by atoms with van der Waals surface area (Å²) in [5.74, 6) is 2.74. The third-order valence-corrected chi connectivity index (χ3v) is 6.74. The zero-order chi connectivity index (χ0) is 24.4. The Morgan fingerprint density at radius 1 is 0.676 bits per heavy atom. The van der Waals surface area contributed by atoms with Crippen molar-refractivity contribution < 1.29 is 9.47 Å². The van der Waals surface area contributed by atoms with Gasteiger partial charge in [-0.1, -0.05) is 109 Å². The van der Waals surface area contributed by atoms with Crippen LogP contribution < -0.4 is 9.47 Å². The lowest BCUT2D eigenvalue weighted by Crippen LogP contribution is -2.04. The maximum atomic E-state index is 6.07. The SMILES string of the molecule is [CH2][C@@H](c1ccc(OCCCC(C)CCCCCCCC)cc1)c1ccccc1OCCCCC. The highest BCUT2D eigenvalue weighted by Crippen LogP contribution is 2.32. The van der Waals surface area contributed by atoms with Gasteiger partial charge in [-0.25, -0.2) is 0 Å². The Morgan fingerprint density at radius 3 is 2.06 bits per heavy atom. The van der Waals surface area contributed by atoms with Crippen LogP contribution in [0.2, 0.25) is 0 Å². The van der Waals surface area contributed by atoms with Crippen molar-refractivity contribution in [3.8, 4) is 11.5 Å². The molecule has 0 amide bonds. The van der Waals surface area contributed by atoms with Crippen LogP contribution in [0.4, 0.5) is 0 Å². The van der Waals surface area contributed by atoms with Gasteiger partial charge in [0.2, 0.25) is 0 Å². The van der Waals surface area contributed by atoms with Crippen LogP contribution in [0.15, 0.2) is 48.5 Å². The topological polar surface area (TPSA) is 18.5 Å². The first-order valence-electron chi connectivity index (χ1n) is 13.9. The second-order valence-electron chi connectivity index (χ2n) is 9.87. The smallest absolute Gasteiger partial charge is 0.123 e. The lowest BCUT2D eigenvalue weighted by molar-refractivity contribution is 0.291. The maximum Gasteiger partial charge on any atom is 0.123 e. The molecule has 0 aromatic heterocycles. The molecule has 0 saturated carbocycles. The molecule has 0 fully saturated rings. The Bertz CT molecular complexity index is 752. The fraction of sp³-hybridized carbons (Fsp3) is 0.594. The van der Waals surface area contributed by atoms with Crippen LogP contribution in [-0.4, -0.2) is 13.2 Å². The summed E-state index contributed by atoms with van der Waals surface area (Å²) in [7, 11) is 0. The molecule has 0 N–H and O–H groups in total. The Hall–Kier alpha value is -1.96. The summed E-state index contributed by atoms with van der Waals surface area (Å²) in [6.45, 7) is 12.9. The molecular weight excluding hydrogens is 416 g/mol. The van der Waals surface area contributed by atoms with E-state index in [2.05, 4.69) is 70.2 Å². The van der Waals surface area contributed by atoms with Crippen molar-refractivity contribution >= 4 is 0 Å². The van der Waals surface area contributed by atoms with Crippen molar-refractivity contribution in [1.82, 2.24) is 0 Å². The predicted octanol–water partition coefficient (Wildman–Crippen LogP) is 9.77. The molecule has 2 heteroatoms. The molecule has 34 heavy (non-hydrogen) atoms. The van der Waals surface area contributed by atoms with Crippen molar-refractivity contribution in [3.05, 3.63) is 66.6 Å². The Morgan fingerprint density at radius 2 is 1.29 bits per heavy atom. The molecule has 1 unspecified atom stereocenters. The van der Waals surface area contributed by atoms with E-state index >= 15 is 0 Å². The van der Waals surface area contributed by atoms with E-state index in [1.807, 2.05) is 6.07 Å². The Labute approximate surface area is 210 Å². The summed E-state index contributed by atoms with van der Waals surface area (Å²) in [5.41, 5.74) is 2.33. The van der Waals surface area contributed by atoms with E-state index in [1.54, 1.807) is 0 Å². The molecule has 2 nitrogen and oxygen atoms in total. The van der Waals surface area contributed by atoms with Gasteiger partial charge in [0.25, 0.3) is 0 Å². The fourth-order valence-electron chi connectivity index (χ4n) is 4.45. The number of ether oxygens (including phenoxy) is 2. The number of para-hydroxylation sites is 1. The van der Waals surface area contributed by atoms with Crippen LogP contribution in [0, 0.1) is 12.8 Å². The quantitative estimate of drug-likeness (QED) is 0.192. The van der Waals surface area contributed by atoms with Gasteiger partial charge in [0, 0.05) is 11.5 Å². The van der Waals surface area contributed by atoms with E-state index in [1.165, 1.54) is 69.8 Å². The van der Waals surface area contributed by atoms with E-state index in [0.29, 0.717) is 0 Å². The van der Waals surface area contributed by atoms with Gasteiger partial charge in [-0.05, 0) is 55.9 Å². The standard InChI is InChI=1S/C32H49O2/c1-5-7-9-10-11-12-17-27(3)18-16-26-33-30-23-21-29(22-24-30)28(4)31-19-13-14-20-32(31)34-25-15-8-6-2/h13-14,19-24,27-28H,4-12,15-18,25-26H2,1-3H3/t27?,28-/m0/s1. The molecule has 0 saturated heterocycles. The van der Waals surface area contributed by atoms with Crippen LogP contribution in [0.1, 0.15) is 115 Å². The average molecular weight is 466 g/mol. The van der Waals surface area contributed by atoms with Crippen LogP contribution in [0.3, 0.4) is 0 Å². The maximum absolute atomic E-state index is 6.07.